The lowest BCUT2D eigenvalue weighted by atomic mass is 9.91. The van der Waals surface area contributed by atoms with Crippen molar-refractivity contribution < 1.29 is 9.59 Å². The molecule has 33 heavy (non-hydrogen) atoms. The number of anilines is 1. The molecule has 1 unspecified atom stereocenters. The van der Waals surface area contributed by atoms with Crippen LogP contribution < -0.4 is 10.2 Å². The smallest absolute Gasteiger partial charge is 0.277 e. The van der Waals surface area contributed by atoms with E-state index in [4.69, 9.17) is 5.10 Å². The lowest BCUT2D eigenvalue weighted by Crippen LogP contribution is -2.65. The van der Waals surface area contributed by atoms with Gasteiger partial charge in [0, 0.05) is 11.7 Å². The Balaban J connectivity index is 1.57. The van der Waals surface area contributed by atoms with Crippen LogP contribution >= 0.6 is 11.3 Å². The van der Waals surface area contributed by atoms with Gasteiger partial charge in [-0.25, -0.2) is 0 Å². The van der Waals surface area contributed by atoms with Gasteiger partial charge in [0.1, 0.15) is 16.9 Å². The molecule has 1 aromatic carbocycles. The molecule has 0 radical (unpaired) electrons. The number of aromatic nitrogens is 2. The average molecular weight is 463 g/mol. The molecule has 1 fully saturated rings. The van der Waals surface area contributed by atoms with Crippen LogP contribution in [0.2, 0.25) is 0 Å². The second kappa shape index (κ2) is 8.45. The molecule has 2 amide bonds. The van der Waals surface area contributed by atoms with Gasteiger partial charge in [-0.05, 0) is 74.4 Å². The van der Waals surface area contributed by atoms with E-state index in [1.807, 2.05) is 55.6 Å². The number of carbonyl (C=O) groups excluding carboxylic acids is 2. The van der Waals surface area contributed by atoms with Crippen LogP contribution in [0.4, 0.5) is 5.69 Å². The Hall–Kier alpha value is -2.93. The molecular formula is C26H30N4O2S. The number of amides is 2. The van der Waals surface area contributed by atoms with Gasteiger partial charge in [-0.3, -0.25) is 19.2 Å². The van der Waals surface area contributed by atoms with Crippen molar-refractivity contribution in [1.82, 2.24) is 15.1 Å². The van der Waals surface area contributed by atoms with Crippen LogP contribution in [0.25, 0.3) is 10.6 Å². The highest BCUT2D eigenvalue weighted by Crippen LogP contribution is 2.36. The first-order valence-electron chi connectivity index (χ1n) is 11.7. The highest BCUT2D eigenvalue weighted by Gasteiger charge is 2.49. The summed E-state index contributed by atoms with van der Waals surface area (Å²) >= 11 is 1.59. The summed E-state index contributed by atoms with van der Waals surface area (Å²) in [6.07, 6.45) is 5.48. The van der Waals surface area contributed by atoms with Crippen molar-refractivity contribution in [2.24, 2.45) is 0 Å². The Morgan fingerprint density at radius 3 is 2.61 bits per heavy atom. The third kappa shape index (κ3) is 3.88. The van der Waals surface area contributed by atoms with Gasteiger partial charge in [-0.2, -0.15) is 5.10 Å². The molecule has 1 N–H and O–H groups in total. The SMILES string of the molecule is Cc1ccc(N2C(=O)c3cc(-c4cccs4)nn3CC2(C)C(=O)NC2CCCCC2)cc1C. The van der Waals surface area contributed by atoms with Gasteiger partial charge in [-0.15, -0.1) is 11.3 Å². The molecule has 2 aromatic heterocycles. The minimum atomic E-state index is -1.08. The number of benzene rings is 1. The lowest BCUT2D eigenvalue weighted by Gasteiger charge is -2.44. The Morgan fingerprint density at radius 1 is 1.12 bits per heavy atom. The van der Waals surface area contributed by atoms with E-state index in [0.717, 1.165) is 53.1 Å². The Morgan fingerprint density at radius 2 is 1.91 bits per heavy atom. The fraction of sp³-hybridized carbons (Fsp3) is 0.423. The fourth-order valence-electron chi connectivity index (χ4n) is 4.98. The molecule has 0 saturated heterocycles. The van der Waals surface area contributed by atoms with Crippen molar-refractivity contribution in [3.8, 4) is 10.6 Å². The molecule has 2 aliphatic rings. The third-order valence-electron chi connectivity index (χ3n) is 7.11. The number of aryl methyl sites for hydroxylation is 2. The van der Waals surface area contributed by atoms with Crippen molar-refractivity contribution in [2.45, 2.75) is 71.0 Å². The Labute approximate surface area is 198 Å². The topological polar surface area (TPSA) is 67.2 Å². The first-order chi connectivity index (χ1) is 15.9. The summed E-state index contributed by atoms with van der Waals surface area (Å²) in [7, 11) is 0. The third-order valence-corrected chi connectivity index (χ3v) is 8.00. The number of carbonyl (C=O) groups is 2. The van der Waals surface area contributed by atoms with E-state index in [0.29, 0.717) is 12.2 Å². The first kappa shape index (κ1) is 21.9. The number of nitrogens with zero attached hydrogens (tertiary/aromatic N) is 3. The molecule has 0 bridgehead atoms. The van der Waals surface area contributed by atoms with Crippen molar-refractivity contribution in [2.75, 3.05) is 4.90 Å². The maximum absolute atomic E-state index is 13.9. The summed E-state index contributed by atoms with van der Waals surface area (Å²) in [6, 6.07) is 12.0. The van der Waals surface area contributed by atoms with E-state index in [2.05, 4.69) is 12.2 Å². The monoisotopic (exact) mass is 462 g/mol. The number of thiophene rings is 1. The highest BCUT2D eigenvalue weighted by molar-refractivity contribution is 7.13. The molecule has 1 aliphatic carbocycles. The van der Waals surface area contributed by atoms with Crippen molar-refractivity contribution in [3.05, 3.63) is 58.6 Å². The van der Waals surface area contributed by atoms with Crippen LogP contribution in [0, 0.1) is 13.8 Å². The van der Waals surface area contributed by atoms with Crippen molar-refractivity contribution >= 4 is 28.8 Å². The molecule has 1 atom stereocenters. The summed E-state index contributed by atoms with van der Waals surface area (Å²) in [5.41, 5.74) is 3.19. The number of fused-ring (bicyclic) bond motifs is 1. The van der Waals surface area contributed by atoms with Crippen LogP contribution in [-0.4, -0.2) is 33.2 Å². The second-order valence-corrected chi connectivity index (χ2v) is 10.5. The van der Waals surface area contributed by atoms with Crippen LogP contribution in [0.15, 0.2) is 41.8 Å². The van der Waals surface area contributed by atoms with Crippen LogP contribution in [0.5, 0.6) is 0 Å². The fourth-order valence-corrected chi connectivity index (χ4v) is 5.66. The standard InChI is InChI=1S/C26H30N4O2S/c1-17-11-12-20(14-18(17)2)30-24(31)22-15-21(23-10-7-13-33-23)28-29(22)16-26(30,3)25(32)27-19-8-5-4-6-9-19/h7,10-15,19H,4-6,8-9,16H2,1-3H3,(H,27,32). The van der Waals surface area contributed by atoms with E-state index in [1.54, 1.807) is 20.9 Å². The zero-order chi connectivity index (χ0) is 23.2. The van der Waals surface area contributed by atoms with Crippen molar-refractivity contribution in [1.29, 1.82) is 0 Å². The molecule has 3 heterocycles. The van der Waals surface area contributed by atoms with Crippen molar-refractivity contribution in [3.63, 3.8) is 0 Å². The number of nitrogens with one attached hydrogen (secondary N) is 1. The van der Waals surface area contributed by atoms with Gasteiger partial charge >= 0.3 is 0 Å². The molecule has 172 valence electrons. The van der Waals surface area contributed by atoms with Gasteiger partial charge in [-0.1, -0.05) is 31.4 Å². The quantitative estimate of drug-likeness (QED) is 0.587. The molecular weight excluding hydrogens is 432 g/mol. The zero-order valence-corrected chi connectivity index (χ0v) is 20.2. The van der Waals surface area contributed by atoms with E-state index in [-0.39, 0.29) is 17.9 Å². The normalized spacial score (nSPS) is 21.2. The summed E-state index contributed by atoms with van der Waals surface area (Å²) in [5, 5.41) is 9.99. The predicted octanol–water partition coefficient (Wildman–Crippen LogP) is 5.10. The van der Waals surface area contributed by atoms with E-state index in [1.165, 1.54) is 6.42 Å². The molecule has 7 heteroatoms. The molecule has 3 aromatic rings. The minimum Gasteiger partial charge on any atom is -0.351 e. The minimum absolute atomic E-state index is 0.111. The number of hydrogen-bond acceptors (Lipinski definition) is 4. The summed E-state index contributed by atoms with van der Waals surface area (Å²) in [5.74, 6) is -0.305. The second-order valence-electron chi connectivity index (χ2n) is 9.54. The maximum atomic E-state index is 13.9. The molecule has 6 nitrogen and oxygen atoms in total. The van der Waals surface area contributed by atoms with E-state index in [9.17, 15) is 9.59 Å². The lowest BCUT2D eigenvalue weighted by molar-refractivity contribution is -0.127. The van der Waals surface area contributed by atoms with Gasteiger partial charge in [0.2, 0.25) is 5.91 Å². The number of rotatable bonds is 4. The summed E-state index contributed by atoms with van der Waals surface area (Å²) < 4.78 is 1.72. The Bertz CT molecular complexity index is 1190. The molecule has 5 rings (SSSR count). The predicted molar refractivity (Wildman–Crippen MR) is 132 cm³/mol. The van der Waals surface area contributed by atoms with Gasteiger partial charge in [0.25, 0.3) is 5.91 Å². The van der Waals surface area contributed by atoms with Gasteiger partial charge < -0.3 is 5.32 Å². The zero-order valence-electron chi connectivity index (χ0n) is 19.4. The molecule has 1 saturated carbocycles. The summed E-state index contributed by atoms with van der Waals surface area (Å²) in [4.78, 5) is 30.4. The van der Waals surface area contributed by atoms with Crippen LogP contribution in [0.3, 0.4) is 0 Å². The molecule has 1 aliphatic heterocycles. The maximum Gasteiger partial charge on any atom is 0.277 e. The average Bonchev–Trinajstić information content (AvgIpc) is 3.47. The molecule has 0 spiro atoms. The largest absolute Gasteiger partial charge is 0.351 e. The van der Waals surface area contributed by atoms with Gasteiger partial charge in [0.15, 0.2) is 0 Å². The summed E-state index contributed by atoms with van der Waals surface area (Å²) in [6.45, 7) is 6.26. The van der Waals surface area contributed by atoms with E-state index >= 15 is 0 Å². The first-order valence-corrected chi connectivity index (χ1v) is 12.6. The Kier molecular flexibility index (Phi) is 5.60. The van der Waals surface area contributed by atoms with Crippen LogP contribution in [-0.2, 0) is 11.3 Å². The van der Waals surface area contributed by atoms with E-state index < -0.39 is 5.54 Å². The van der Waals surface area contributed by atoms with Gasteiger partial charge in [0.05, 0.1) is 11.4 Å². The number of hydrogen-bond donors (Lipinski definition) is 1. The van der Waals surface area contributed by atoms with Crippen LogP contribution in [0.1, 0.15) is 60.6 Å². The highest BCUT2D eigenvalue weighted by atomic mass is 32.1.